The van der Waals surface area contributed by atoms with Crippen LogP contribution in [0.25, 0.3) is 0 Å². The van der Waals surface area contributed by atoms with Gasteiger partial charge < -0.3 is 0 Å². The van der Waals surface area contributed by atoms with E-state index in [9.17, 15) is 0 Å². The van der Waals surface area contributed by atoms with Crippen molar-refractivity contribution in [3.63, 3.8) is 0 Å². The molecule has 0 aliphatic carbocycles. The maximum absolute atomic E-state index is 7.50. The zero-order chi connectivity index (χ0) is 16.1. The molecule has 0 amide bonds. The van der Waals surface area contributed by atoms with Crippen molar-refractivity contribution in [3.05, 3.63) is 0 Å². The summed E-state index contributed by atoms with van der Waals surface area (Å²) < 4.78 is 0. The van der Waals surface area contributed by atoms with Crippen molar-refractivity contribution >= 4 is 0 Å². The van der Waals surface area contributed by atoms with Gasteiger partial charge in [-0.25, -0.2) is 10.5 Å². The minimum Gasteiger partial charge on any atom is -0.219 e. The second-order valence-electron chi connectivity index (χ2n) is 1.37. The molecule has 0 saturated heterocycles. The molecule has 0 bridgehead atoms. The normalized spacial score (nSPS) is 11.2. The van der Waals surface area contributed by atoms with E-state index in [4.69, 9.17) is 10.5 Å². The van der Waals surface area contributed by atoms with Gasteiger partial charge >= 0.3 is 0 Å². The summed E-state index contributed by atoms with van der Waals surface area (Å²) in [6.45, 7) is 0. The number of rotatable bonds is 19. The molecule has 0 aromatic rings. The smallest absolute Gasteiger partial charge is 0 e. The van der Waals surface area contributed by atoms with Crippen LogP contribution in [0.1, 0.15) is 0 Å². The molecule has 0 spiro atoms. The summed E-state index contributed by atoms with van der Waals surface area (Å²) in [4.78, 5) is 0. The van der Waals surface area contributed by atoms with Crippen LogP contribution < -0.4 is 0 Å². The van der Waals surface area contributed by atoms with Crippen molar-refractivity contribution in [2.75, 3.05) is 0 Å². The van der Waals surface area contributed by atoms with Gasteiger partial charge in [0.15, 0.2) is 0 Å². The fourth-order valence-corrected chi connectivity index (χ4v) is 0.206. The van der Waals surface area contributed by atoms with Crippen molar-refractivity contribution in [1.29, 1.82) is 0 Å². The van der Waals surface area contributed by atoms with E-state index in [1.54, 1.807) is 0 Å². The molecule has 0 unspecified atom stereocenters. The Bertz CT molecular complexity index is 153. The minimum absolute atomic E-state index is 2.87. The molecular weight excluding hydrogens is 352 g/mol. The molecule has 22 heavy (non-hydrogen) atoms. The van der Waals surface area contributed by atoms with Crippen LogP contribution in [0.5, 0.6) is 0 Å². The molecule has 0 saturated carbocycles. The van der Waals surface area contributed by atoms with E-state index in [1.165, 1.54) is 0 Å². The summed E-state index contributed by atoms with van der Waals surface area (Å²) in [5.74, 6) is 0. The second-order valence-corrected chi connectivity index (χ2v) is 1.37. The average molecular weight is 354 g/mol. The molecule has 0 aliphatic heterocycles. The molecule has 22 heteroatoms. The van der Waals surface area contributed by atoms with E-state index >= 15 is 0 Å². The van der Waals surface area contributed by atoms with Crippen molar-refractivity contribution < 1.29 is 111 Å². The molecule has 0 aromatic carbocycles. The fourth-order valence-electron chi connectivity index (χ4n) is 0.206. The monoisotopic (exact) mass is 354 g/mol. The van der Waals surface area contributed by atoms with Crippen LogP contribution in [0.2, 0.25) is 0 Å². The summed E-state index contributed by atoms with van der Waals surface area (Å²) >= 11 is 0. The molecule has 2 N–H and O–H groups in total. The lowest BCUT2D eigenvalue weighted by molar-refractivity contribution is -0.896. The van der Waals surface area contributed by atoms with E-state index in [2.05, 4.69) is 101 Å². The van der Waals surface area contributed by atoms with Crippen molar-refractivity contribution in [3.8, 4) is 0 Å². The first-order valence-corrected chi connectivity index (χ1v) is 3.53. The Morgan fingerprint density at radius 2 is 0.364 bits per heavy atom. The van der Waals surface area contributed by atoms with E-state index in [0.29, 0.717) is 0 Å². The minimum atomic E-state index is 2.87. The SMILES string of the molecule is OOOOOOOOOOOOOOOOOOOOOO. The highest BCUT2D eigenvalue weighted by Gasteiger charge is 2.00. The quantitative estimate of drug-likeness (QED) is 0.155. The van der Waals surface area contributed by atoms with Gasteiger partial charge in [0, 0.05) is 20.2 Å². The highest BCUT2D eigenvalue weighted by molar-refractivity contribution is 3.08. The molecule has 134 valence electrons. The Hall–Kier alpha value is -0.880. The summed E-state index contributed by atoms with van der Waals surface area (Å²) in [5.41, 5.74) is 0. The van der Waals surface area contributed by atoms with Gasteiger partial charge in [-0.05, 0) is 80.6 Å². The lowest BCUT2D eigenvalue weighted by atomic mass is 14.0. The van der Waals surface area contributed by atoms with Crippen LogP contribution in [0, 0.1) is 0 Å². The number of hydrogen-bond donors (Lipinski definition) is 2. The zero-order valence-electron chi connectivity index (χ0n) is 9.06. The summed E-state index contributed by atoms with van der Waals surface area (Å²) in [6.07, 6.45) is 0. The van der Waals surface area contributed by atoms with Gasteiger partial charge in [0.25, 0.3) is 0 Å². The lowest BCUT2D eigenvalue weighted by Gasteiger charge is -1.98. The van der Waals surface area contributed by atoms with Crippen LogP contribution in [0.3, 0.4) is 0 Å². The Labute approximate surface area is 113 Å². The summed E-state index contributed by atoms with van der Waals surface area (Å²) in [6, 6.07) is 0. The second kappa shape index (κ2) is 20.1. The maximum Gasteiger partial charge on any atom is 0 e. The summed E-state index contributed by atoms with van der Waals surface area (Å²) in [5, 5.41) is 82.0. The Morgan fingerprint density at radius 3 is 0.500 bits per heavy atom. The van der Waals surface area contributed by atoms with E-state index in [1.807, 2.05) is 0 Å². The first-order valence-electron chi connectivity index (χ1n) is 3.53. The first kappa shape index (κ1) is 21.1. The predicted octanol–water partition coefficient (Wildman–Crippen LogP) is -1.35. The van der Waals surface area contributed by atoms with Crippen molar-refractivity contribution in [2.24, 2.45) is 0 Å². The maximum atomic E-state index is 7.50. The molecule has 0 aromatic heterocycles. The van der Waals surface area contributed by atoms with E-state index < -0.39 is 0 Å². The lowest BCUT2D eigenvalue weighted by Crippen LogP contribution is -2.05. The Kier molecular flexibility index (Phi) is 19.3. The van der Waals surface area contributed by atoms with Gasteiger partial charge in [-0.2, -0.15) is 0 Å². The number of hydrogen-bond acceptors (Lipinski definition) is 22. The zero-order valence-corrected chi connectivity index (χ0v) is 9.06. The van der Waals surface area contributed by atoms with Crippen molar-refractivity contribution in [1.82, 2.24) is 0 Å². The molecular formula is H2O22. The van der Waals surface area contributed by atoms with Crippen molar-refractivity contribution in [2.45, 2.75) is 0 Å². The molecule has 0 atom stereocenters. The Balaban J connectivity index is 2.91. The molecule has 0 heterocycles. The third-order valence-electron chi connectivity index (χ3n) is 0.533. The highest BCUT2D eigenvalue weighted by Crippen LogP contribution is 1.93. The molecule has 0 rings (SSSR count). The van der Waals surface area contributed by atoms with E-state index in [0.717, 1.165) is 0 Å². The molecule has 0 radical (unpaired) electrons. The standard InChI is InChI=1S/H2O22/c1-3-5-7-9-11-13-15-17-19-21-22-20-18-16-14-12-10-8-6-4-2/h1-2H. The molecule has 0 aliphatic rings. The summed E-state index contributed by atoms with van der Waals surface area (Å²) in [7, 11) is 0. The highest BCUT2D eigenvalue weighted by atomic mass is 18.0. The van der Waals surface area contributed by atoms with Crippen LogP contribution in [0.4, 0.5) is 0 Å². The van der Waals surface area contributed by atoms with Gasteiger partial charge in [-0.15, -0.1) is 0 Å². The largest absolute Gasteiger partial charge is 0.219 e. The average Bonchev–Trinajstić information content (AvgIpc) is 2.54. The third-order valence-corrected chi connectivity index (χ3v) is 0.533. The fraction of sp³-hybridized carbons (Fsp3) is 0. The molecule has 22 nitrogen and oxygen atoms in total. The Morgan fingerprint density at radius 1 is 0.227 bits per heavy atom. The topological polar surface area (TPSA) is 225 Å². The molecule has 0 fully saturated rings. The van der Waals surface area contributed by atoms with Crippen LogP contribution >= 0.6 is 0 Å². The van der Waals surface area contributed by atoms with Gasteiger partial charge in [0.05, 0.1) is 0 Å². The van der Waals surface area contributed by atoms with E-state index in [-0.39, 0.29) is 0 Å². The third kappa shape index (κ3) is 19.1. The van der Waals surface area contributed by atoms with Gasteiger partial charge in [0.2, 0.25) is 0 Å². The predicted molar refractivity (Wildman–Crippen MR) is 27.0 cm³/mol. The van der Waals surface area contributed by atoms with Gasteiger partial charge in [0.1, 0.15) is 0 Å². The van der Waals surface area contributed by atoms with Crippen LogP contribution in [-0.4, -0.2) is 10.5 Å². The van der Waals surface area contributed by atoms with Crippen LogP contribution in [-0.2, 0) is 101 Å². The van der Waals surface area contributed by atoms with Gasteiger partial charge in [-0.3, -0.25) is 0 Å². The first-order chi connectivity index (χ1) is 10.9. The van der Waals surface area contributed by atoms with Crippen LogP contribution in [0.15, 0.2) is 0 Å². The van der Waals surface area contributed by atoms with Gasteiger partial charge in [-0.1, -0.05) is 0 Å².